The smallest absolute Gasteiger partial charge is 0.166 e. The van der Waals surface area contributed by atoms with E-state index in [9.17, 15) is 0 Å². The van der Waals surface area contributed by atoms with Crippen LogP contribution in [0.25, 0.3) is 0 Å². The number of nitrogens with one attached hydrogen (secondary N) is 2. The predicted molar refractivity (Wildman–Crippen MR) is 90.1 cm³/mol. The maximum atomic E-state index is 5.46. The SMILES string of the molecule is Cc1ccc([C@H](C)NC(=S)NC2CCCCC2)c(C)c1. The Balaban J connectivity index is 1.89. The van der Waals surface area contributed by atoms with E-state index in [2.05, 4.69) is 49.6 Å². The van der Waals surface area contributed by atoms with Crippen LogP contribution < -0.4 is 10.6 Å². The summed E-state index contributed by atoms with van der Waals surface area (Å²) in [6.45, 7) is 6.47. The number of thiocarbonyl (C=S) groups is 1. The van der Waals surface area contributed by atoms with Gasteiger partial charge in [-0.25, -0.2) is 0 Å². The van der Waals surface area contributed by atoms with Crippen LogP contribution in [-0.2, 0) is 0 Å². The van der Waals surface area contributed by atoms with Crippen molar-refractivity contribution in [1.29, 1.82) is 0 Å². The number of hydrogen-bond acceptors (Lipinski definition) is 1. The first-order valence-corrected chi connectivity index (χ1v) is 8.11. The lowest BCUT2D eigenvalue weighted by molar-refractivity contribution is 0.411. The molecule has 0 heterocycles. The highest BCUT2D eigenvalue weighted by atomic mass is 32.1. The molecule has 0 aliphatic heterocycles. The number of benzene rings is 1. The first-order chi connectivity index (χ1) is 9.56. The lowest BCUT2D eigenvalue weighted by Crippen LogP contribution is -2.43. The Kier molecular flexibility index (Phi) is 5.41. The van der Waals surface area contributed by atoms with Crippen molar-refractivity contribution in [1.82, 2.24) is 10.6 Å². The lowest BCUT2D eigenvalue weighted by Gasteiger charge is -2.26. The summed E-state index contributed by atoms with van der Waals surface area (Å²) in [6.07, 6.45) is 6.52. The molecule has 2 N–H and O–H groups in total. The highest BCUT2D eigenvalue weighted by molar-refractivity contribution is 7.80. The van der Waals surface area contributed by atoms with Gasteiger partial charge in [-0.05, 0) is 57.0 Å². The lowest BCUT2D eigenvalue weighted by atomic mass is 9.96. The van der Waals surface area contributed by atoms with Gasteiger partial charge in [0, 0.05) is 6.04 Å². The van der Waals surface area contributed by atoms with Crippen molar-refractivity contribution < 1.29 is 0 Å². The summed E-state index contributed by atoms with van der Waals surface area (Å²) < 4.78 is 0. The minimum atomic E-state index is 0.249. The fraction of sp³-hybridized carbons (Fsp3) is 0.588. The summed E-state index contributed by atoms with van der Waals surface area (Å²) in [4.78, 5) is 0. The molecule has 2 rings (SSSR count). The summed E-state index contributed by atoms with van der Waals surface area (Å²) in [5.74, 6) is 0. The second-order valence-corrected chi connectivity index (χ2v) is 6.44. The molecule has 0 unspecified atom stereocenters. The molecule has 0 bridgehead atoms. The van der Waals surface area contributed by atoms with Crippen LogP contribution in [0.15, 0.2) is 18.2 Å². The maximum Gasteiger partial charge on any atom is 0.166 e. The van der Waals surface area contributed by atoms with E-state index >= 15 is 0 Å². The van der Waals surface area contributed by atoms with E-state index in [4.69, 9.17) is 12.2 Å². The number of aryl methyl sites for hydroxylation is 2. The van der Waals surface area contributed by atoms with Crippen LogP contribution in [0.3, 0.4) is 0 Å². The molecule has 1 aromatic rings. The zero-order valence-electron chi connectivity index (χ0n) is 12.8. The Labute approximate surface area is 128 Å². The standard InChI is InChI=1S/C17H26N2S/c1-12-9-10-16(13(2)11-12)14(3)18-17(20)19-15-7-5-4-6-8-15/h9-11,14-15H,4-8H2,1-3H3,(H2,18,19,20)/t14-/m0/s1. The molecule has 110 valence electrons. The van der Waals surface area contributed by atoms with Crippen molar-refractivity contribution >= 4 is 17.3 Å². The zero-order chi connectivity index (χ0) is 14.5. The van der Waals surface area contributed by atoms with Gasteiger partial charge in [0.05, 0.1) is 6.04 Å². The third-order valence-electron chi connectivity index (χ3n) is 4.18. The molecule has 1 aromatic carbocycles. The summed E-state index contributed by atoms with van der Waals surface area (Å²) >= 11 is 5.46. The van der Waals surface area contributed by atoms with Crippen molar-refractivity contribution in [2.45, 2.75) is 65.0 Å². The Bertz CT molecular complexity index is 464. The second-order valence-electron chi connectivity index (χ2n) is 6.03. The second kappa shape index (κ2) is 7.07. The quantitative estimate of drug-likeness (QED) is 0.817. The van der Waals surface area contributed by atoms with E-state index in [1.165, 1.54) is 48.8 Å². The minimum absolute atomic E-state index is 0.249. The van der Waals surface area contributed by atoms with E-state index in [0.717, 1.165) is 5.11 Å². The zero-order valence-corrected chi connectivity index (χ0v) is 13.6. The molecular weight excluding hydrogens is 264 g/mol. The summed E-state index contributed by atoms with van der Waals surface area (Å²) in [5.41, 5.74) is 3.95. The largest absolute Gasteiger partial charge is 0.360 e. The van der Waals surface area contributed by atoms with Crippen LogP contribution in [0.2, 0.25) is 0 Å². The van der Waals surface area contributed by atoms with Gasteiger partial charge in [0.15, 0.2) is 5.11 Å². The van der Waals surface area contributed by atoms with E-state index in [-0.39, 0.29) is 6.04 Å². The molecule has 3 heteroatoms. The van der Waals surface area contributed by atoms with Gasteiger partial charge in [-0.2, -0.15) is 0 Å². The Morgan fingerprint density at radius 3 is 2.55 bits per heavy atom. The molecular formula is C17H26N2S. The minimum Gasteiger partial charge on any atom is -0.360 e. The van der Waals surface area contributed by atoms with Gasteiger partial charge < -0.3 is 10.6 Å². The van der Waals surface area contributed by atoms with Crippen molar-refractivity contribution in [3.05, 3.63) is 34.9 Å². The fourth-order valence-electron chi connectivity index (χ4n) is 3.06. The van der Waals surface area contributed by atoms with Crippen molar-refractivity contribution in [3.8, 4) is 0 Å². The van der Waals surface area contributed by atoms with Crippen LogP contribution in [0, 0.1) is 13.8 Å². The summed E-state index contributed by atoms with van der Waals surface area (Å²) in [7, 11) is 0. The maximum absolute atomic E-state index is 5.46. The molecule has 1 aliphatic rings. The third-order valence-corrected chi connectivity index (χ3v) is 4.42. The van der Waals surface area contributed by atoms with Gasteiger partial charge in [0.2, 0.25) is 0 Å². The molecule has 1 saturated carbocycles. The van der Waals surface area contributed by atoms with Gasteiger partial charge >= 0.3 is 0 Å². The first-order valence-electron chi connectivity index (χ1n) is 7.70. The molecule has 20 heavy (non-hydrogen) atoms. The Morgan fingerprint density at radius 1 is 1.20 bits per heavy atom. The van der Waals surface area contributed by atoms with Crippen LogP contribution >= 0.6 is 12.2 Å². The van der Waals surface area contributed by atoms with Gasteiger partial charge in [0.25, 0.3) is 0 Å². The topological polar surface area (TPSA) is 24.1 Å². The first kappa shape index (κ1) is 15.3. The van der Waals surface area contributed by atoms with Crippen molar-refractivity contribution in [2.24, 2.45) is 0 Å². The molecule has 0 amide bonds. The molecule has 1 fully saturated rings. The predicted octanol–water partition coefficient (Wildman–Crippen LogP) is 4.16. The molecule has 0 aromatic heterocycles. The molecule has 0 saturated heterocycles. The van der Waals surface area contributed by atoms with E-state index in [1.807, 2.05) is 0 Å². The van der Waals surface area contributed by atoms with E-state index in [1.54, 1.807) is 0 Å². The van der Waals surface area contributed by atoms with Gasteiger partial charge in [0.1, 0.15) is 0 Å². The Morgan fingerprint density at radius 2 is 1.90 bits per heavy atom. The van der Waals surface area contributed by atoms with Crippen molar-refractivity contribution in [2.75, 3.05) is 0 Å². The van der Waals surface area contributed by atoms with E-state index in [0.29, 0.717) is 6.04 Å². The van der Waals surface area contributed by atoms with Gasteiger partial charge in [-0.3, -0.25) is 0 Å². The monoisotopic (exact) mass is 290 g/mol. The number of rotatable bonds is 3. The summed E-state index contributed by atoms with van der Waals surface area (Å²) in [6, 6.07) is 7.41. The van der Waals surface area contributed by atoms with Crippen LogP contribution in [-0.4, -0.2) is 11.2 Å². The van der Waals surface area contributed by atoms with Gasteiger partial charge in [-0.15, -0.1) is 0 Å². The molecule has 2 nitrogen and oxygen atoms in total. The van der Waals surface area contributed by atoms with Crippen LogP contribution in [0.5, 0.6) is 0 Å². The molecule has 0 radical (unpaired) electrons. The van der Waals surface area contributed by atoms with Gasteiger partial charge in [-0.1, -0.05) is 43.0 Å². The fourth-order valence-corrected chi connectivity index (χ4v) is 3.40. The Hall–Kier alpha value is -1.09. The number of hydrogen-bond donors (Lipinski definition) is 2. The average Bonchev–Trinajstić information content (AvgIpc) is 2.39. The third kappa shape index (κ3) is 4.20. The van der Waals surface area contributed by atoms with Crippen LogP contribution in [0.1, 0.15) is 61.8 Å². The highest BCUT2D eigenvalue weighted by Crippen LogP contribution is 2.19. The van der Waals surface area contributed by atoms with Crippen molar-refractivity contribution in [3.63, 3.8) is 0 Å². The average molecular weight is 290 g/mol. The molecule has 1 atom stereocenters. The van der Waals surface area contributed by atoms with Crippen LogP contribution in [0.4, 0.5) is 0 Å². The summed E-state index contributed by atoms with van der Waals surface area (Å²) in [5, 5.41) is 7.69. The van der Waals surface area contributed by atoms with E-state index < -0.39 is 0 Å². The highest BCUT2D eigenvalue weighted by Gasteiger charge is 2.15. The normalized spacial score (nSPS) is 17.6. The molecule has 0 spiro atoms. The molecule has 1 aliphatic carbocycles.